The van der Waals surface area contributed by atoms with Crippen molar-refractivity contribution in [3.8, 4) is 0 Å². The van der Waals surface area contributed by atoms with Gasteiger partial charge in [0.15, 0.2) is 0 Å². The Morgan fingerprint density at radius 2 is 1.97 bits per heavy atom. The highest BCUT2D eigenvalue weighted by Gasteiger charge is 2.66. The maximum absolute atomic E-state index is 13.5. The van der Waals surface area contributed by atoms with Gasteiger partial charge in [-0.1, -0.05) is 60.7 Å². The maximum Gasteiger partial charge on any atom is 0.230 e. The van der Waals surface area contributed by atoms with Gasteiger partial charge in [0.1, 0.15) is 5.60 Å². The molecule has 5 atom stereocenters. The number of rotatable bonds is 8. The average molecular weight is 470 g/mol. The molecule has 0 aliphatic carbocycles. The van der Waals surface area contributed by atoms with Gasteiger partial charge in [-0.2, -0.15) is 0 Å². The van der Waals surface area contributed by atoms with Crippen LogP contribution < -0.4 is 5.32 Å². The Labute approximate surface area is 205 Å². The van der Waals surface area contributed by atoms with Crippen molar-refractivity contribution in [3.63, 3.8) is 0 Å². The number of aryl methyl sites for hydroxylation is 1. The zero-order valence-electron chi connectivity index (χ0n) is 19.9. The van der Waals surface area contributed by atoms with Crippen LogP contribution in [-0.4, -0.2) is 52.5 Å². The summed E-state index contributed by atoms with van der Waals surface area (Å²) in [6.45, 7) is 3.16. The summed E-state index contributed by atoms with van der Waals surface area (Å²) in [5, 5.41) is 4.36. The minimum absolute atomic E-state index is 0.0243. The number of para-hydroxylation sites is 1. The number of carbonyl (C=O) groups excluding carboxylic acids is 2. The van der Waals surface area contributed by atoms with E-state index in [0.29, 0.717) is 13.1 Å². The van der Waals surface area contributed by atoms with E-state index >= 15 is 0 Å². The average Bonchev–Trinajstić information content (AvgIpc) is 3.62. The number of aromatic amines is 1. The summed E-state index contributed by atoms with van der Waals surface area (Å²) in [6, 6.07) is 18.5. The quantitative estimate of drug-likeness (QED) is 0.495. The molecule has 3 aliphatic heterocycles. The highest BCUT2D eigenvalue weighted by molar-refractivity contribution is 5.93. The van der Waals surface area contributed by atoms with Crippen molar-refractivity contribution < 1.29 is 14.3 Å². The first-order valence-electron chi connectivity index (χ1n) is 12.6. The fraction of sp³-hybridized carbons (Fsp3) is 0.379. The minimum atomic E-state index is -0.669. The van der Waals surface area contributed by atoms with Gasteiger partial charge in [-0.05, 0) is 43.4 Å². The van der Waals surface area contributed by atoms with Gasteiger partial charge in [-0.15, -0.1) is 0 Å². The number of fused-ring (bicyclic) bond motifs is 2. The van der Waals surface area contributed by atoms with E-state index in [1.165, 1.54) is 16.5 Å². The summed E-state index contributed by atoms with van der Waals surface area (Å²) >= 11 is 0. The molecule has 6 nitrogen and oxygen atoms in total. The molecular formula is C29H31N3O3. The van der Waals surface area contributed by atoms with Crippen LogP contribution in [0.15, 0.2) is 72.9 Å². The predicted octanol–water partition coefficient (Wildman–Crippen LogP) is 3.63. The van der Waals surface area contributed by atoms with Crippen molar-refractivity contribution in [3.05, 3.63) is 84.1 Å². The summed E-state index contributed by atoms with van der Waals surface area (Å²) in [5.41, 5.74) is 2.89. The molecule has 0 radical (unpaired) electrons. The molecule has 1 aromatic heterocycles. The summed E-state index contributed by atoms with van der Waals surface area (Å²) in [5.74, 6) is -0.945. The highest BCUT2D eigenvalue weighted by Crippen LogP contribution is 2.51. The third kappa shape index (κ3) is 3.86. The Kier molecular flexibility index (Phi) is 5.49. The lowest BCUT2D eigenvalue weighted by Gasteiger charge is -2.25. The lowest BCUT2D eigenvalue weighted by atomic mass is 9.76. The number of amides is 2. The van der Waals surface area contributed by atoms with Crippen LogP contribution in [0.4, 0.5) is 0 Å². The number of hydrogen-bond donors (Lipinski definition) is 2. The van der Waals surface area contributed by atoms with Crippen LogP contribution in [0.1, 0.15) is 24.5 Å². The first kappa shape index (κ1) is 22.1. The summed E-state index contributed by atoms with van der Waals surface area (Å²) < 4.78 is 6.30. The molecule has 2 aromatic carbocycles. The van der Waals surface area contributed by atoms with E-state index in [-0.39, 0.29) is 24.0 Å². The van der Waals surface area contributed by atoms with E-state index in [9.17, 15) is 9.59 Å². The number of ether oxygens (including phenoxy) is 1. The van der Waals surface area contributed by atoms with Gasteiger partial charge in [0, 0.05) is 29.7 Å². The van der Waals surface area contributed by atoms with E-state index in [0.717, 1.165) is 24.8 Å². The summed E-state index contributed by atoms with van der Waals surface area (Å²) in [7, 11) is 0. The summed E-state index contributed by atoms with van der Waals surface area (Å²) in [6.07, 6.45) is 8.23. The smallest absolute Gasteiger partial charge is 0.230 e. The monoisotopic (exact) mass is 469 g/mol. The SMILES string of the molecule is CC(CCc1ccccc1)NC(=O)C1C2C(=O)N(CCc3c[nH]c4ccccc34)C[C@]23C=C[C@@H]1O3. The zero-order chi connectivity index (χ0) is 24.0. The Balaban J connectivity index is 1.11. The predicted molar refractivity (Wildman–Crippen MR) is 135 cm³/mol. The third-order valence-electron chi connectivity index (χ3n) is 7.90. The molecule has 0 saturated carbocycles. The van der Waals surface area contributed by atoms with Gasteiger partial charge in [-0.3, -0.25) is 9.59 Å². The van der Waals surface area contributed by atoms with Crippen molar-refractivity contribution in [2.75, 3.05) is 13.1 Å². The van der Waals surface area contributed by atoms with Gasteiger partial charge in [0.2, 0.25) is 11.8 Å². The minimum Gasteiger partial charge on any atom is -0.361 e. The lowest BCUT2D eigenvalue weighted by molar-refractivity contribution is -0.137. The van der Waals surface area contributed by atoms with Gasteiger partial charge in [0.25, 0.3) is 0 Å². The Morgan fingerprint density at radius 1 is 1.17 bits per heavy atom. The molecule has 6 heteroatoms. The molecule has 3 unspecified atom stereocenters. The van der Waals surface area contributed by atoms with Crippen LogP contribution >= 0.6 is 0 Å². The second-order valence-corrected chi connectivity index (χ2v) is 10.2. The first-order chi connectivity index (χ1) is 17.0. The Morgan fingerprint density at radius 3 is 2.83 bits per heavy atom. The van der Waals surface area contributed by atoms with Crippen molar-refractivity contribution >= 4 is 22.7 Å². The number of carbonyl (C=O) groups is 2. The first-order valence-corrected chi connectivity index (χ1v) is 12.6. The molecule has 35 heavy (non-hydrogen) atoms. The molecule has 2 N–H and O–H groups in total. The molecule has 2 fully saturated rings. The van der Waals surface area contributed by atoms with Gasteiger partial charge in [0.05, 0.1) is 24.5 Å². The summed E-state index contributed by atoms with van der Waals surface area (Å²) in [4.78, 5) is 32.1. The van der Waals surface area contributed by atoms with E-state index in [1.54, 1.807) is 0 Å². The maximum atomic E-state index is 13.5. The van der Waals surface area contributed by atoms with Crippen molar-refractivity contribution in [1.29, 1.82) is 0 Å². The van der Waals surface area contributed by atoms with Crippen LogP contribution in [0.25, 0.3) is 10.9 Å². The van der Waals surface area contributed by atoms with E-state index in [4.69, 9.17) is 4.74 Å². The standard InChI is InChI=1S/C29H31N3O3/c1-19(11-12-20-7-3-2-4-8-20)31-27(33)25-24-13-15-29(35-24)18-32(28(34)26(25)29)16-14-21-17-30-23-10-6-5-9-22(21)23/h2-10,13,15,17,19,24-26,30H,11-12,14,16,18H2,1H3,(H,31,33)/t19?,24-,25?,26?,29+/m0/s1. The van der Waals surface area contributed by atoms with Crippen molar-refractivity contribution in [2.24, 2.45) is 11.8 Å². The largest absolute Gasteiger partial charge is 0.361 e. The molecule has 1 spiro atoms. The van der Waals surface area contributed by atoms with Crippen LogP contribution in [0, 0.1) is 11.8 Å². The van der Waals surface area contributed by atoms with E-state index in [1.807, 2.05) is 60.5 Å². The number of likely N-dealkylation sites (tertiary alicyclic amines) is 1. The van der Waals surface area contributed by atoms with Crippen LogP contribution in [-0.2, 0) is 27.2 Å². The fourth-order valence-corrected chi connectivity index (χ4v) is 6.10. The molecule has 2 saturated heterocycles. The third-order valence-corrected chi connectivity index (χ3v) is 7.90. The molecule has 3 aliphatic rings. The molecule has 2 amide bonds. The van der Waals surface area contributed by atoms with Gasteiger partial charge >= 0.3 is 0 Å². The van der Waals surface area contributed by atoms with E-state index in [2.05, 4.69) is 34.6 Å². The second-order valence-electron chi connectivity index (χ2n) is 10.2. The van der Waals surface area contributed by atoms with Crippen molar-refractivity contribution in [1.82, 2.24) is 15.2 Å². The number of aromatic nitrogens is 1. The Bertz CT molecular complexity index is 1280. The van der Waals surface area contributed by atoms with Crippen LogP contribution in [0.2, 0.25) is 0 Å². The van der Waals surface area contributed by atoms with Crippen molar-refractivity contribution in [2.45, 2.75) is 43.9 Å². The fourth-order valence-electron chi connectivity index (χ4n) is 6.10. The lowest BCUT2D eigenvalue weighted by Crippen LogP contribution is -2.46. The molecule has 180 valence electrons. The highest BCUT2D eigenvalue weighted by atomic mass is 16.5. The number of nitrogens with zero attached hydrogens (tertiary/aromatic N) is 1. The molecule has 4 heterocycles. The Hall–Kier alpha value is -3.38. The number of benzene rings is 2. The molecule has 6 rings (SSSR count). The van der Waals surface area contributed by atoms with Crippen LogP contribution in [0.5, 0.6) is 0 Å². The molecule has 2 bridgehead atoms. The second kappa shape index (κ2) is 8.68. The number of hydrogen-bond acceptors (Lipinski definition) is 3. The van der Waals surface area contributed by atoms with Crippen LogP contribution in [0.3, 0.4) is 0 Å². The normalized spacial score (nSPS) is 27.5. The van der Waals surface area contributed by atoms with Gasteiger partial charge in [-0.25, -0.2) is 0 Å². The molecule has 3 aromatic rings. The number of H-pyrrole nitrogens is 1. The van der Waals surface area contributed by atoms with Gasteiger partial charge < -0.3 is 19.9 Å². The number of nitrogens with one attached hydrogen (secondary N) is 2. The van der Waals surface area contributed by atoms with E-state index < -0.39 is 17.4 Å². The zero-order valence-corrected chi connectivity index (χ0v) is 19.9. The topological polar surface area (TPSA) is 74.4 Å². The molecular weight excluding hydrogens is 438 g/mol.